The summed E-state index contributed by atoms with van der Waals surface area (Å²) in [5.74, 6) is 0.923. The molecule has 1 aliphatic rings. The normalized spacial score (nSPS) is 16.2. The molecule has 24 heavy (non-hydrogen) atoms. The van der Waals surface area contributed by atoms with Crippen molar-refractivity contribution in [2.24, 2.45) is 5.92 Å². The van der Waals surface area contributed by atoms with Gasteiger partial charge in [0.1, 0.15) is 0 Å². The summed E-state index contributed by atoms with van der Waals surface area (Å²) in [6, 6.07) is 8.17. The third-order valence-corrected chi connectivity index (χ3v) is 4.70. The van der Waals surface area contributed by atoms with Crippen molar-refractivity contribution < 1.29 is 9.53 Å². The summed E-state index contributed by atoms with van der Waals surface area (Å²) in [5, 5.41) is 6.24. The Balaban J connectivity index is 1.65. The van der Waals surface area contributed by atoms with E-state index in [9.17, 15) is 4.79 Å². The highest BCUT2D eigenvalue weighted by Crippen LogP contribution is 2.19. The predicted molar refractivity (Wildman–Crippen MR) is 96.7 cm³/mol. The number of carbonyl (C=O) groups is 1. The summed E-state index contributed by atoms with van der Waals surface area (Å²) in [6.07, 6.45) is 3.65. The van der Waals surface area contributed by atoms with E-state index in [1.807, 2.05) is 31.3 Å². The number of ether oxygens (including phenoxy) is 1. The summed E-state index contributed by atoms with van der Waals surface area (Å²) >= 11 is 0. The lowest BCUT2D eigenvalue weighted by atomic mass is 9.93. The molecule has 0 aliphatic carbocycles. The minimum Gasteiger partial charge on any atom is -0.380 e. The van der Waals surface area contributed by atoms with Gasteiger partial charge in [0.25, 0.3) is 0 Å². The van der Waals surface area contributed by atoms with Gasteiger partial charge in [-0.1, -0.05) is 24.3 Å². The molecule has 0 bridgehead atoms. The Hall–Kier alpha value is -1.43. The van der Waals surface area contributed by atoms with E-state index in [1.54, 1.807) is 7.11 Å². The van der Waals surface area contributed by atoms with Gasteiger partial charge in [-0.25, -0.2) is 0 Å². The predicted octanol–water partition coefficient (Wildman–Crippen LogP) is 1.77. The SMILES string of the molecule is CNCCC1CCN(CC(=O)NCc2ccc(COC)cc2)CC1. The zero-order valence-corrected chi connectivity index (χ0v) is 15.0. The molecule has 0 unspecified atom stereocenters. The van der Waals surface area contributed by atoms with E-state index in [2.05, 4.69) is 15.5 Å². The molecule has 5 heteroatoms. The Labute approximate surface area is 145 Å². The minimum absolute atomic E-state index is 0.115. The quantitative estimate of drug-likeness (QED) is 0.723. The average Bonchev–Trinajstić information content (AvgIpc) is 2.61. The van der Waals surface area contributed by atoms with Crippen LogP contribution in [0.1, 0.15) is 30.4 Å². The third-order valence-electron chi connectivity index (χ3n) is 4.70. The number of hydrogen-bond donors (Lipinski definition) is 2. The summed E-state index contributed by atoms with van der Waals surface area (Å²) < 4.78 is 5.10. The van der Waals surface area contributed by atoms with Crippen LogP contribution in [0.4, 0.5) is 0 Å². The van der Waals surface area contributed by atoms with Gasteiger partial charge in [0, 0.05) is 13.7 Å². The number of benzene rings is 1. The highest BCUT2D eigenvalue weighted by atomic mass is 16.5. The molecule has 1 saturated heterocycles. The summed E-state index contributed by atoms with van der Waals surface area (Å²) in [6.45, 7) is 4.89. The zero-order valence-electron chi connectivity index (χ0n) is 15.0. The second-order valence-electron chi connectivity index (χ2n) is 6.64. The van der Waals surface area contributed by atoms with Crippen LogP contribution in [-0.2, 0) is 22.7 Å². The monoisotopic (exact) mass is 333 g/mol. The summed E-state index contributed by atoms with van der Waals surface area (Å²) in [7, 11) is 3.70. The Morgan fingerprint density at radius 2 is 1.88 bits per heavy atom. The van der Waals surface area contributed by atoms with E-state index in [0.717, 1.165) is 36.7 Å². The van der Waals surface area contributed by atoms with Gasteiger partial charge in [-0.15, -0.1) is 0 Å². The molecular weight excluding hydrogens is 302 g/mol. The van der Waals surface area contributed by atoms with Crippen molar-refractivity contribution in [3.05, 3.63) is 35.4 Å². The maximum absolute atomic E-state index is 12.1. The van der Waals surface area contributed by atoms with Gasteiger partial charge in [0.05, 0.1) is 13.2 Å². The topological polar surface area (TPSA) is 53.6 Å². The van der Waals surface area contributed by atoms with Crippen LogP contribution in [-0.4, -0.2) is 51.1 Å². The maximum Gasteiger partial charge on any atom is 0.234 e. The van der Waals surface area contributed by atoms with E-state index in [4.69, 9.17) is 4.74 Å². The first kappa shape index (κ1) is 18.9. The highest BCUT2D eigenvalue weighted by Gasteiger charge is 2.20. The number of hydrogen-bond acceptors (Lipinski definition) is 4. The number of likely N-dealkylation sites (tertiary alicyclic amines) is 1. The summed E-state index contributed by atoms with van der Waals surface area (Å²) in [4.78, 5) is 14.4. The largest absolute Gasteiger partial charge is 0.380 e. The molecule has 1 aromatic carbocycles. The van der Waals surface area contributed by atoms with Crippen LogP contribution < -0.4 is 10.6 Å². The molecule has 1 amide bonds. The smallest absolute Gasteiger partial charge is 0.234 e. The average molecular weight is 333 g/mol. The molecule has 1 aliphatic heterocycles. The van der Waals surface area contributed by atoms with Crippen LogP contribution in [0.5, 0.6) is 0 Å². The lowest BCUT2D eigenvalue weighted by molar-refractivity contribution is -0.122. The second kappa shape index (κ2) is 10.4. The first-order valence-electron chi connectivity index (χ1n) is 8.91. The van der Waals surface area contributed by atoms with Crippen molar-refractivity contribution in [3.8, 4) is 0 Å². The molecule has 0 atom stereocenters. The fourth-order valence-corrected chi connectivity index (χ4v) is 3.16. The van der Waals surface area contributed by atoms with Crippen molar-refractivity contribution in [1.82, 2.24) is 15.5 Å². The number of amides is 1. The van der Waals surface area contributed by atoms with Gasteiger partial charge in [-0.2, -0.15) is 0 Å². The van der Waals surface area contributed by atoms with E-state index in [-0.39, 0.29) is 5.91 Å². The lowest BCUT2D eigenvalue weighted by Gasteiger charge is -2.31. The minimum atomic E-state index is 0.115. The molecule has 1 heterocycles. The van der Waals surface area contributed by atoms with Gasteiger partial charge >= 0.3 is 0 Å². The fourth-order valence-electron chi connectivity index (χ4n) is 3.16. The van der Waals surface area contributed by atoms with Crippen LogP contribution in [0.25, 0.3) is 0 Å². The van der Waals surface area contributed by atoms with E-state index >= 15 is 0 Å². The second-order valence-corrected chi connectivity index (χ2v) is 6.64. The van der Waals surface area contributed by atoms with E-state index in [0.29, 0.717) is 19.7 Å². The Bertz CT molecular complexity index is 482. The molecule has 1 aromatic rings. The number of methoxy groups -OCH3 is 1. The van der Waals surface area contributed by atoms with E-state index in [1.165, 1.54) is 19.3 Å². The molecule has 0 aromatic heterocycles. The molecule has 2 rings (SSSR count). The van der Waals surface area contributed by atoms with Crippen molar-refractivity contribution in [1.29, 1.82) is 0 Å². The fraction of sp³-hybridized carbons (Fsp3) is 0.632. The first-order valence-corrected chi connectivity index (χ1v) is 8.91. The molecule has 0 radical (unpaired) electrons. The van der Waals surface area contributed by atoms with Crippen LogP contribution in [0, 0.1) is 5.92 Å². The number of nitrogens with zero attached hydrogens (tertiary/aromatic N) is 1. The van der Waals surface area contributed by atoms with Gasteiger partial charge < -0.3 is 15.4 Å². The Morgan fingerprint density at radius 1 is 1.21 bits per heavy atom. The van der Waals surface area contributed by atoms with Crippen LogP contribution in [0.2, 0.25) is 0 Å². The number of carbonyl (C=O) groups excluding carboxylic acids is 1. The molecule has 2 N–H and O–H groups in total. The van der Waals surface area contributed by atoms with E-state index < -0.39 is 0 Å². The Kier molecular flexibility index (Phi) is 8.22. The first-order chi connectivity index (χ1) is 11.7. The molecule has 0 spiro atoms. The highest BCUT2D eigenvalue weighted by molar-refractivity contribution is 5.78. The van der Waals surface area contributed by atoms with Crippen molar-refractivity contribution in [2.45, 2.75) is 32.4 Å². The van der Waals surface area contributed by atoms with Gasteiger partial charge in [-0.3, -0.25) is 9.69 Å². The number of piperidine rings is 1. The standard InChI is InChI=1S/C19H31N3O2/c1-20-10-7-16-8-11-22(12-9-16)14-19(23)21-13-17-3-5-18(6-4-17)15-24-2/h3-6,16,20H,7-15H2,1-2H3,(H,21,23). The maximum atomic E-state index is 12.1. The van der Waals surface area contributed by atoms with Crippen molar-refractivity contribution >= 4 is 5.91 Å². The molecule has 5 nitrogen and oxygen atoms in total. The van der Waals surface area contributed by atoms with Gasteiger partial charge in [0.15, 0.2) is 0 Å². The van der Waals surface area contributed by atoms with Crippen LogP contribution in [0.3, 0.4) is 0 Å². The molecular formula is C19H31N3O2. The number of rotatable bonds is 9. The van der Waals surface area contributed by atoms with Gasteiger partial charge in [-0.05, 0) is 63.0 Å². The Morgan fingerprint density at radius 3 is 2.50 bits per heavy atom. The van der Waals surface area contributed by atoms with Crippen LogP contribution in [0.15, 0.2) is 24.3 Å². The van der Waals surface area contributed by atoms with Crippen LogP contribution >= 0.6 is 0 Å². The zero-order chi connectivity index (χ0) is 17.2. The molecule has 134 valence electrons. The van der Waals surface area contributed by atoms with Crippen molar-refractivity contribution in [2.75, 3.05) is 40.3 Å². The molecule has 0 saturated carbocycles. The number of nitrogens with one attached hydrogen (secondary N) is 2. The summed E-state index contributed by atoms with van der Waals surface area (Å²) in [5.41, 5.74) is 2.27. The van der Waals surface area contributed by atoms with Gasteiger partial charge in [0.2, 0.25) is 5.91 Å². The lowest BCUT2D eigenvalue weighted by Crippen LogP contribution is -2.41. The third kappa shape index (κ3) is 6.59. The molecule has 1 fully saturated rings. The van der Waals surface area contributed by atoms with Crippen molar-refractivity contribution in [3.63, 3.8) is 0 Å².